The number of benzene rings is 1. The van der Waals surface area contributed by atoms with E-state index in [0.717, 1.165) is 19.5 Å². The number of rotatable bonds is 4. The molecule has 138 valence electrons. The van der Waals surface area contributed by atoms with Gasteiger partial charge in [-0.1, -0.05) is 13.0 Å². The second-order valence-corrected chi connectivity index (χ2v) is 7.58. The highest BCUT2D eigenvalue weighted by atomic mass is 19.1. The quantitative estimate of drug-likeness (QED) is 0.648. The van der Waals surface area contributed by atoms with Crippen molar-refractivity contribution in [2.45, 2.75) is 51.2 Å². The highest BCUT2D eigenvalue weighted by molar-refractivity contribution is 5.81. The van der Waals surface area contributed by atoms with Crippen molar-refractivity contribution in [3.63, 3.8) is 0 Å². The van der Waals surface area contributed by atoms with Crippen LogP contribution in [-0.2, 0) is 0 Å². The summed E-state index contributed by atoms with van der Waals surface area (Å²) in [5, 5.41) is 6.80. The Kier molecular flexibility index (Phi) is 5.27. The van der Waals surface area contributed by atoms with Crippen molar-refractivity contribution >= 4 is 5.96 Å². The Morgan fingerprint density at radius 3 is 2.36 bits per heavy atom. The molecule has 4 atom stereocenters. The lowest BCUT2D eigenvalue weighted by Crippen LogP contribution is -2.47. The third-order valence-electron chi connectivity index (χ3n) is 5.40. The Bertz CT molecular complexity index is 626. The summed E-state index contributed by atoms with van der Waals surface area (Å²) in [6, 6.07) is 4.93. The summed E-state index contributed by atoms with van der Waals surface area (Å²) in [4.78, 5) is 6.75. The monoisotopic (exact) mass is 350 g/mol. The van der Waals surface area contributed by atoms with Gasteiger partial charge in [0, 0.05) is 49.7 Å². The van der Waals surface area contributed by atoms with E-state index in [1.165, 1.54) is 18.2 Å². The molecular weight excluding hydrogens is 322 g/mol. The molecule has 0 amide bonds. The van der Waals surface area contributed by atoms with E-state index in [-0.39, 0.29) is 17.5 Å². The molecule has 4 nitrogen and oxygen atoms in total. The van der Waals surface area contributed by atoms with E-state index < -0.39 is 11.6 Å². The standard InChI is InChI=1S/C19H28F2N4/c1-11(2)25-9-12(3)17(10-25)24-19(22-4)23-16-8-13(16)18-14(20)6-5-7-15(18)21/h5-7,11-13,16-17H,8-10H2,1-4H3,(H2,22,23,24). The smallest absolute Gasteiger partial charge is 0.191 e. The SMILES string of the molecule is CN=C(NC1CN(C(C)C)CC1C)NC1CC1c1c(F)cccc1F. The second-order valence-electron chi connectivity index (χ2n) is 7.58. The van der Waals surface area contributed by atoms with Crippen LogP contribution in [0, 0.1) is 17.6 Å². The Balaban J connectivity index is 1.58. The van der Waals surface area contributed by atoms with E-state index in [1.807, 2.05) is 0 Å². The first-order chi connectivity index (χ1) is 11.9. The van der Waals surface area contributed by atoms with E-state index in [4.69, 9.17) is 0 Å². The largest absolute Gasteiger partial charge is 0.353 e. The summed E-state index contributed by atoms with van der Waals surface area (Å²) in [5.41, 5.74) is 0.190. The Morgan fingerprint density at radius 2 is 1.80 bits per heavy atom. The maximum Gasteiger partial charge on any atom is 0.191 e. The number of nitrogens with zero attached hydrogens (tertiary/aromatic N) is 2. The van der Waals surface area contributed by atoms with Crippen molar-refractivity contribution in [3.8, 4) is 0 Å². The molecule has 6 heteroatoms. The van der Waals surface area contributed by atoms with Crippen LogP contribution in [-0.4, -0.2) is 49.1 Å². The minimum Gasteiger partial charge on any atom is -0.353 e. The van der Waals surface area contributed by atoms with Crippen molar-refractivity contribution in [1.82, 2.24) is 15.5 Å². The van der Waals surface area contributed by atoms with Crippen molar-refractivity contribution in [2.24, 2.45) is 10.9 Å². The van der Waals surface area contributed by atoms with Gasteiger partial charge in [-0.3, -0.25) is 9.89 Å². The fraction of sp³-hybridized carbons (Fsp3) is 0.632. The molecule has 1 aliphatic carbocycles. The molecular formula is C19H28F2N4. The molecule has 25 heavy (non-hydrogen) atoms. The molecule has 2 N–H and O–H groups in total. The van der Waals surface area contributed by atoms with Crippen LogP contribution in [0.15, 0.2) is 23.2 Å². The normalized spacial score (nSPS) is 30.0. The van der Waals surface area contributed by atoms with Gasteiger partial charge >= 0.3 is 0 Å². The number of likely N-dealkylation sites (tertiary alicyclic amines) is 1. The molecule has 1 aromatic carbocycles. The van der Waals surface area contributed by atoms with Crippen molar-refractivity contribution in [1.29, 1.82) is 0 Å². The minimum atomic E-state index is -0.464. The second kappa shape index (κ2) is 7.28. The van der Waals surface area contributed by atoms with E-state index >= 15 is 0 Å². The fourth-order valence-electron chi connectivity index (χ4n) is 3.67. The van der Waals surface area contributed by atoms with Crippen LogP contribution in [0.25, 0.3) is 0 Å². The Hall–Kier alpha value is -1.69. The van der Waals surface area contributed by atoms with E-state index in [1.54, 1.807) is 7.05 Å². The van der Waals surface area contributed by atoms with Gasteiger partial charge in [-0.15, -0.1) is 0 Å². The van der Waals surface area contributed by atoms with Gasteiger partial charge in [0.05, 0.1) is 0 Å². The van der Waals surface area contributed by atoms with Crippen LogP contribution in [0.1, 0.15) is 38.7 Å². The maximum atomic E-state index is 13.9. The van der Waals surface area contributed by atoms with E-state index in [2.05, 4.69) is 41.3 Å². The molecule has 1 saturated carbocycles. The third kappa shape index (κ3) is 3.94. The molecule has 1 aliphatic heterocycles. The summed E-state index contributed by atoms with van der Waals surface area (Å²) in [6.07, 6.45) is 0.719. The van der Waals surface area contributed by atoms with Crippen LogP contribution >= 0.6 is 0 Å². The maximum absolute atomic E-state index is 13.9. The lowest BCUT2D eigenvalue weighted by atomic mass is 10.1. The molecule has 1 aromatic rings. The molecule has 0 radical (unpaired) electrons. The predicted octanol–water partition coefficient (Wildman–Crippen LogP) is 2.71. The van der Waals surface area contributed by atoms with Gasteiger partial charge < -0.3 is 10.6 Å². The molecule has 1 heterocycles. The fourth-order valence-corrected chi connectivity index (χ4v) is 3.67. The Morgan fingerprint density at radius 1 is 1.16 bits per heavy atom. The first-order valence-electron chi connectivity index (χ1n) is 9.08. The molecule has 2 fully saturated rings. The van der Waals surface area contributed by atoms with Crippen LogP contribution < -0.4 is 10.6 Å². The average molecular weight is 350 g/mol. The number of hydrogen-bond acceptors (Lipinski definition) is 2. The topological polar surface area (TPSA) is 39.7 Å². The number of aliphatic imine (C=N–C) groups is 1. The number of guanidine groups is 1. The molecule has 4 unspecified atom stereocenters. The molecule has 3 rings (SSSR count). The third-order valence-corrected chi connectivity index (χ3v) is 5.40. The lowest BCUT2D eigenvalue weighted by Gasteiger charge is -2.22. The van der Waals surface area contributed by atoms with Gasteiger partial charge in [0.2, 0.25) is 0 Å². The molecule has 0 aromatic heterocycles. The summed E-state index contributed by atoms with van der Waals surface area (Å²) < 4.78 is 27.8. The Labute approximate surface area is 148 Å². The molecule has 1 saturated heterocycles. The van der Waals surface area contributed by atoms with Gasteiger partial charge in [-0.25, -0.2) is 8.78 Å². The molecule has 0 bridgehead atoms. The zero-order valence-electron chi connectivity index (χ0n) is 15.4. The van der Waals surface area contributed by atoms with Crippen molar-refractivity contribution in [2.75, 3.05) is 20.1 Å². The number of halogens is 2. The van der Waals surface area contributed by atoms with E-state index in [0.29, 0.717) is 24.0 Å². The summed E-state index contributed by atoms with van der Waals surface area (Å²) in [5.74, 6) is 0.183. The molecule has 0 spiro atoms. The molecule has 2 aliphatic rings. The van der Waals surface area contributed by atoms with Crippen LogP contribution in [0.4, 0.5) is 8.78 Å². The number of hydrogen-bond donors (Lipinski definition) is 2. The predicted molar refractivity (Wildman–Crippen MR) is 96.8 cm³/mol. The average Bonchev–Trinajstić information content (AvgIpc) is 3.20. The first-order valence-corrected chi connectivity index (χ1v) is 9.08. The minimum absolute atomic E-state index is 0.0236. The first kappa shape index (κ1) is 18.1. The summed E-state index contributed by atoms with van der Waals surface area (Å²) >= 11 is 0. The highest BCUT2D eigenvalue weighted by Gasteiger charge is 2.43. The van der Waals surface area contributed by atoms with Crippen molar-refractivity contribution < 1.29 is 8.78 Å². The lowest BCUT2D eigenvalue weighted by molar-refractivity contribution is 0.265. The van der Waals surface area contributed by atoms with Crippen LogP contribution in [0.5, 0.6) is 0 Å². The van der Waals surface area contributed by atoms with Crippen LogP contribution in [0.3, 0.4) is 0 Å². The zero-order valence-corrected chi connectivity index (χ0v) is 15.4. The van der Waals surface area contributed by atoms with Crippen LogP contribution in [0.2, 0.25) is 0 Å². The zero-order chi connectivity index (χ0) is 18.1. The van der Waals surface area contributed by atoms with Crippen molar-refractivity contribution in [3.05, 3.63) is 35.4 Å². The number of nitrogens with one attached hydrogen (secondary N) is 2. The van der Waals surface area contributed by atoms with Gasteiger partial charge in [-0.05, 0) is 38.3 Å². The van der Waals surface area contributed by atoms with E-state index in [9.17, 15) is 8.78 Å². The highest BCUT2D eigenvalue weighted by Crippen LogP contribution is 2.43. The van der Waals surface area contributed by atoms with Gasteiger partial charge in [-0.2, -0.15) is 0 Å². The van der Waals surface area contributed by atoms with Gasteiger partial charge in [0.15, 0.2) is 5.96 Å². The summed E-state index contributed by atoms with van der Waals surface area (Å²) in [6.45, 7) is 8.70. The van der Waals surface area contributed by atoms with Gasteiger partial charge in [0.1, 0.15) is 11.6 Å². The van der Waals surface area contributed by atoms with Gasteiger partial charge in [0.25, 0.3) is 0 Å². The summed E-state index contributed by atoms with van der Waals surface area (Å²) in [7, 11) is 1.73.